The maximum absolute atomic E-state index is 13.3. The molecule has 3 aromatic rings. The van der Waals surface area contributed by atoms with E-state index in [1.54, 1.807) is 0 Å². The van der Waals surface area contributed by atoms with Crippen LogP contribution in [0.25, 0.3) is 10.9 Å². The third kappa shape index (κ3) is 4.29. The first-order chi connectivity index (χ1) is 14.5. The predicted octanol–water partition coefficient (Wildman–Crippen LogP) is 5.25. The standard InChI is InChI=1S/C24H27N3O2S/c1-16-9-8-10-17(2)22(16)26-21(28)15-30-24-25-20-14-7-6-13-19(20)23(29)27(24)18-11-4-3-5-12-18/h6-10,13-14,18H,3-5,11-12,15H2,1-2H3,(H,26,28). The second-order valence-corrected chi connectivity index (χ2v) is 8.92. The summed E-state index contributed by atoms with van der Waals surface area (Å²) in [6.07, 6.45) is 5.44. The average Bonchev–Trinajstić information content (AvgIpc) is 2.76. The number of fused-ring (bicyclic) bond motifs is 1. The number of anilines is 1. The molecule has 1 N–H and O–H groups in total. The molecule has 1 aliphatic carbocycles. The van der Waals surface area contributed by atoms with Crippen molar-refractivity contribution in [3.8, 4) is 0 Å². The van der Waals surface area contributed by atoms with Gasteiger partial charge < -0.3 is 5.32 Å². The number of nitrogens with zero attached hydrogens (tertiary/aromatic N) is 2. The van der Waals surface area contributed by atoms with Gasteiger partial charge in [-0.2, -0.15) is 0 Å². The van der Waals surface area contributed by atoms with E-state index in [0.29, 0.717) is 16.1 Å². The first-order valence-electron chi connectivity index (χ1n) is 10.5. The lowest BCUT2D eigenvalue weighted by Crippen LogP contribution is -2.29. The quantitative estimate of drug-likeness (QED) is 0.451. The summed E-state index contributed by atoms with van der Waals surface area (Å²) in [5.74, 6) is 0.126. The molecule has 0 unspecified atom stereocenters. The van der Waals surface area contributed by atoms with Gasteiger partial charge in [0.15, 0.2) is 5.16 Å². The Bertz CT molecular complexity index is 1110. The second-order valence-electron chi connectivity index (χ2n) is 7.98. The highest BCUT2D eigenvalue weighted by molar-refractivity contribution is 7.99. The zero-order valence-corrected chi connectivity index (χ0v) is 18.3. The number of aromatic nitrogens is 2. The summed E-state index contributed by atoms with van der Waals surface area (Å²) in [7, 11) is 0. The summed E-state index contributed by atoms with van der Waals surface area (Å²) in [5.41, 5.74) is 3.63. The van der Waals surface area contributed by atoms with Gasteiger partial charge in [0, 0.05) is 11.7 Å². The van der Waals surface area contributed by atoms with Gasteiger partial charge in [0.25, 0.3) is 5.56 Å². The van der Waals surface area contributed by atoms with Gasteiger partial charge in [-0.25, -0.2) is 4.98 Å². The SMILES string of the molecule is Cc1cccc(C)c1NC(=O)CSc1nc2ccccc2c(=O)n1C1CCCCC1. The number of hydrogen-bond donors (Lipinski definition) is 1. The lowest BCUT2D eigenvalue weighted by molar-refractivity contribution is -0.113. The number of hydrogen-bond acceptors (Lipinski definition) is 4. The van der Waals surface area contributed by atoms with E-state index < -0.39 is 0 Å². The Balaban J connectivity index is 1.61. The van der Waals surface area contributed by atoms with Crippen molar-refractivity contribution in [3.05, 3.63) is 63.9 Å². The van der Waals surface area contributed by atoms with E-state index in [1.165, 1.54) is 18.2 Å². The topological polar surface area (TPSA) is 64.0 Å². The molecular weight excluding hydrogens is 394 g/mol. The molecule has 1 amide bonds. The second kappa shape index (κ2) is 9.04. The minimum Gasteiger partial charge on any atom is -0.325 e. The fourth-order valence-electron chi connectivity index (χ4n) is 4.21. The lowest BCUT2D eigenvalue weighted by atomic mass is 9.95. The van der Waals surface area contributed by atoms with E-state index in [2.05, 4.69) is 5.32 Å². The number of aryl methyl sites for hydroxylation is 2. The minimum absolute atomic E-state index is 0.00477. The zero-order chi connectivity index (χ0) is 21.1. The van der Waals surface area contributed by atoms with Gasteiger partial charge >= 0.3 is 0 Å². The highest BCUT2D eigenvalue weighted by atomic mass is 32.2. The molecule has 6 heteroatoms. The molecule has 1 fully saturated rings. The Morgan fingerprint density at radius 3 is 2.50 bits per heavy atom. The average molecular weight is 422 g/mol. The number of amides is 1. The summed E-state index contributed by atoms with van der Waals surface area (Å²) < 4.78 is 1.85. The van der Waals surface area contributed by atoms with Gasteiger partial charge in [-0.05, 0) is 49.9 Å². The molecule has 2 aromatic carbocycles. The van der Waals surface area contributed by atoms with Crippen LogP contribution < -0.4 is 10.9 Å². The highest BCUT2D eigenvalue weighted by Gasteiger charge is 2.22. The third-order valence-corrected chi connectivity index (χ3v) is 6.75. The number of carbonyl (C=O) groups excluding carboxylic acids is 1. The summed E-state index contributed by atoms with van der Waals surface area (Å²) in [5, 5.41) is 4.31. The largest absolute Gasteiger partial charge is 0.325 e. The van der Waals surface area contributed by atoms with E-state index in [9.17, 15) is 9.59 Å². The number of para-hydroxylation sites is 2. The van der Waals surface area contributed by atoms with Crippen LogP contribution in [0.5, 0.6) is 0 Å². The monoisotopic (exact) mass is 421 g/mol. The van der Waals surface area contributed by atoms with Crippen LogP contribution >= 0.6 is 11.8 Å². The number of rotatable bonds is 5. The molecular formula is C24H27N3O2S. The zero-order valence-electron chi connectivity index (χ0n) is 17.5. The molecule has 1 saturated carbocycles. The minimum atomic E-state index is -0.0880. The Morgan fingerprint density at radius 1 is 1.07 bits per heavy atom. The van der Waals surface area contributed by atoms with Crippen molar-refractivity contribution in [2.75, 3.05) is 11.1 Å². The van der Waals surface area contributed by atoms with Crippen LogP contribution in [0.1, 0.15) is 49.3 Å². The van der Waals surface area contributed by atoms with Gasteiger partial charge in [-0.3, -0.25) is 14.2 Å². The summed E-state index contributed by atoms with van der Waals surface area (Å²) in [6, 6.07) is 13.6. The molecule has 0 aliphatic heterocycles. The van der Waals surface area contributed by atoms with E-state index >= 15 is 0 Å². The van der Waals surface area contributed by atoms with Crippen LogP contribution in [0.3, 0.4) is 0 Å². The molecule has 5 nitrogen and oxygen atoms in total. The van der Waals surface area contributed by atoms with Crippen molar-refractivity contribution in [1.82, 2.24) is 9.55 Å². The van der Waals surface area contributed by atoms with E-state index in [4.69, 9.17) is 4.98 Å². The van der Waals surface area contributed by atoms with Crippen LogP contribution in [0.4, 0.5) is 5.69 Å². The van der Waals surface area contributed by atoms with Crippen LogP contribution in [-0.4, -0.2) is 21.2 Å². The molecule has 156 valence electrons. The highest BCUT2D eigenvalue weighted by Crippen LogP contribution is 2.31. The van der Waals surface area contributed by atoms with Gasteiger partial charge in [0.2, 0.25) is 5.91 Å². The van der Waals surface area contributed by atoms with Gasteiger partial charge in [-0.15, -0.1) is 0 Å². The Kier molecular flexibility index (Phi) is 6.23. The van der Waals surface area contributed by atoms with Crippen molar-refractivity contribution in [2.45, 2.75) is 57.1 Å². The Labute approximate surface area is 180 Å². The van der Waals surface area contributed by atoms with E-state index in [1.807, 2.05) is 60.9 Å². The Hall–Kier alpha value is -2.60. The molecule has 0 bridgehead atoms. The lowest BCUT2D eigenvalue weighted by Gasteiger charge is -2.26. The van der Waals surface area contributed by atoms with Crippen molar-refractivity contribution >= 4 is 34.3 Å². The maximum Gasteiger partial charge on any atom is 0.262 e. The first kappa shape index (κ1) is 20.7. The third-order valence-electron chi connectivity index (χ3n) is 5.79. The first-order valence-corrected chi connectivity index (χ1v) is 11.5. The number of nitrogens with one attached hydrogen (secondary N) is 1. The smallest absolute Gasteiger partial charge is 0.262 e. The summed E-state index contributed by atoms with van der Waals surface area (Å²) in [6.45, 7) is 3.97. The van der Waals surface area contributed by atoms with Gasteiger partial charge in [-0.1, -0.05) is 61.4 Å². The molecule has 0 spiro atoms. The van der Waals surface area contributed by atoms with Crippen LogP contribution in [0.15, 0.2) is 52.4 Å². The molecule has 0 radical (unpaired) electrons. The van der Waals surface area contributed by atoms with E-state index in [-0.39, 0.29) is 23.3 Å². The van der Waals surface area contributed by atoms with Crippen molar-refractivity contribution in [3.63, 3.8) is 0 Å². The molecule has 1 aromatic heterocycles. The molecule has 4 rings (SSSR count). The normalized spacial score (nSPS) is 14.7. The number of thioether (sulfide) groups is 1. The number of carbonyl (C=O) groups is 1. The van der Waals surface area contributed by atoms with Crippen LogP contribution in [0.2, 0.25) is 0 Å². The van der Waals surface area contributed by atoms with Crippen molar-refractivity contribution in [2.24, 2.45) is 0 Å². The van der Waals surface area contributed by atoms with Crippen molar-refractivity contribution in [1.29, 1.82) is 0 Å². The fraction of sp³-hybridized carbons (Fsp3) is 0.375. The van der Waals surface area contributed by atoms with Gasteiger partial charge in [0.05, 0.1) is 16.7 Å². The van der Waals surface area contributed by atoms with Gasteiger partial charge in [0.1, 0.15) is 0 Å². The van der Waals surface area contributed by atoms with Crippen LogP contribution in [0, 0.1) is 13.8 Å². The molecule has 0 atom stereocenters. The Morgan fingerprint density at radius 2 is 1.77 bits per heavy atom. The summed E-state index contributed by atoms with van der Waals surface area (Å²) >= 11 is 1.35. The summed E-state index contributed by atoms with van der Waals surface area (Å²) in [4.78, 5) is 30.7. The molecule has 30 heavy (non-hydrogen) atoms. The maximum atomic E-state index is 13.3. The molecule has 1 aliphatic rings. The van der Waals surface area contributed by atoms with Crippen molar-refractivity contribution < 1.29 is 4.79 Å². The fourth-order valence-corrected chi connectivity index (χ4v) is 5.07. The predicted molar refractivity (Wildman–Crippen MR) is 123 cm³/mol. The molecule has 1 heterocycles. The van der Waals surface area contributed by atoms with Crippen LogP contribution in [-0.2, 0) is 4.79 Å². The number of benzene rings is 2. The molecule has 0 saturated heterocycles. The van der Waals surface area contributed by atoms with E-state index in [0.717, 1.165) is 42.5 Å².